The number of anilines is 1. The maximum atomic E-state index is 10.5. The molecule has 1 aromatic rings. The summed E-state index contributed by atoms with van der Waals surface area (Å²) in [6.07, 6.45) is 1.30. The summed E-state index contributed by atoms with van der Waals surface area (Å²) >= 11 is 0. The average Bonchev–Trinajstić information content (AvgIpc) is 2.66. The molecule has 0 aliphatic heterocycles. The molecule has 0 fully saturated rings. The predicted molar refractivity (Wildman–Crippen MR) is 58.6 cm³/mol. The quantitative estimate of drug-likeness (QED) is 0.533. The summed E-state index contributed by atoms with van der Waals surface area (Å²) in [5.74, 6) is 0.159. The molecule has 7 nitrogen and oxygen atoms in total. The first-order chi connectivity index (χ1) is 7.72. The van der Waals surface area contributed by atoms with Crippen molar-refractivity contribution in [2.75, 3.05) is 18.4 Å². The van der Waals surface area contributed by atoms with Crippen molar-refractivity contribution in [3.63, 3.8) is 0 Å². The molecule has 0 saturated carbocycles. The second-order valence-electron chi connectivity index (χ2n) is 3.32. The number of rotatable bonds is 8. The van der Waals surface area contributed by atoms with Gasteiger partial charge in [0.2, 0.25) is 11.8 Å². The molecule has 0 aliphatic rings. The Labute approximate surface area is 93.8 Å². The number of aromatic nitrogens is 2. The summed E-state index contributed by atoms with van der Waals surface area (Å²) in [5, 5.41) is 13.6. The Balaban J connectivity index is 2.25. The van der Waals surface area contributed by atoms with Gasteiger partial charge in [0.15, 0.2) is 0 Å². The van der Waals surface area contributed by atoms with Gasteiger partial charge >= 0.3 is 6.01 Å². The fraction of sp³-hybridized carbons (Fsp3) is 0.667. The number of primary amides is 1. The molecular formula is C9H17N5O2. The Hall–Kier alpha value is -1.63. The zero-order valence-corrected chi connectivity index (χ0v) is 9.32. The van der Waals surface area contributed by atoms with Crippen molar-refractivity contribution in [3.8, 4) is 0 Å². The van der Waals surface area contributed by atoms with Gasteiger partial charge in [-0.2, -0.15) is 0 Å². The smallest absolute Gasteiger partial charge is 0.315 e. The molecule has 0 aromatic carbocycles. The number of hydrogen-bond acceptors (Lipinski definition) is 6. The minimum Gasteiger partial charge on any atom is -0.407 e. The van der Waals surface area contributed by atoms with Crippen LogP contribution in [-0.2, 0) is 11.3 Å². The van der Waals surface area contributed by atoms with Crippen LogP contribution in [-0.4, -0.2) is 29.2 Å². The third kappa shape index (κ3) is 4.74. The number of nitrogens with zero attached hydrogens (tertiary/aromatic N) is 2. The zero-order valence-electron chi connectivity index (χ0n) is 9.32. The SMILES string of the molecule is CCCNCc1nnc(NCCC(N)=O)o1. The van der Waals surface area contributed by atoms with Gasteiger partial charge in [-0.3, -0.25) is 4.79 Å². The largest absolute Gasteiger partial charge is 0.407 e. The van der Waals surface area contributed by atoms with Gasteiger partial charge in [-0.05, 0) is 13.0 Å². The van der Waals surface area contributed by atoms with Crippen molar-refractivity contribution in [1.82, 2.24) is 15.5 Å². The summed E-state index contributed by atoms with van der Waals surface area (Å²) in [5.41, 5.74) is 4.99. The molecule has 0 spiro atoms. The molecular weight excluding hydrogens is 210 g/mol. The lowest BCUT2D eigenvalue weighted by Crippen LogP contribution is -2.15. The maximum Gasteiger partial charge on any atom is 0.315 e. The van der Waals surface area contributed by atoms with Crippen LogP contribution in [0.5, 0.6) is 0 Å². The van der Waals surface area contributed by atoms with E-state index in [1.807, 2.05) is 0 Å². The van der Waals surface area contributed by atoms with Crippen molar-refractivity contribution in [1.29, 1.82) is 0 Å². The molecule has 90 valence electrons. The van der Waals surface area contributed by atoms with E-state index in [1.54, 1.807) is 0 Å². The van der Waals surface area contributed by atoms with Gasteiger partial charge in [-0.15, -0.1) is 5.10 Å². The van der Waals surface area contributed by atoms with Crippen LogP contribution in [0.3, 0.4) is 0 Å². The molecule has 1 aromatic heterocycles. The first kappa shape index (κ1) is 12.4. The van der Waals surface area contributed by atoms with E-state index in [0.717, 1.165) is 13.0 Å². The Kier molecular flexibility index (Phi) is 5.27. The Morgan fingerprint density at radius 1 is 1.44 bits per heavy atom. The van der Waals surface area contributed by atoms with E-state index in [0.29, 0.717) is 25.0 Å². The molecule has 0 saturated heterocycles. The lowest BCUT2D eigenvalue weighted by Gasteiger charge is -1.98. The maximum absolute atomic E-state index is 10.5. The van der Waals surface area contributed by atoms with Crippen LogP contribution < -0.4 is 16.4 Å². The van der Waals surface area contributed by atoms with Crippen molar-refractivity contribution < 1.29 is 9.21 Å². The fourth-order valence-corrected chi connectivity index (χ4v) is 1.06. The monoisotopic (exact) mass is 227 g/mol. The van der Waals surface area contributed by atoms with Gasteiger partial charge in [-0.1, -0.05) is 12.0 Å². The first-order valence-electron chi connectivity index (χ1n) is 5.27. The molecule has 1 rings (SSSR count). The van der Waals surface area contributed by atoms with E-state index in [2.05, 4.69) is 27.8 Å². The Morgan fingerprint density at radius 2 is 2.25 bits per heavy atom. The van der Waals surface area contributed by atoms with E-state index in [9.17, 15) is 4.79 Å². The van der Waals surface area contributed by atoms with Crippen molar-refractivity contribution in [3.05, 3.63) is 5.89 Å². The highest BCUT2D eigenvalue weighted by Crippen LogP contribution is 2.04. The number of nitrogens with two attached hydrogens (primary N) is 1. The molecule has 0 bridgehead atoms. The number of amides is 1. The van der Waals surface area contributed by atoms with E-state index in [4.69, 9.17) is 10.2 Å². The summed E-state index contributed by atoms with van der Waals surface area (Å²) in [6, 6.07) is 0.314. The van der Waals surface area contributed by atoms with Gasteiger partial charge < -0.3 is 20.8 Å². The van der Waals surface area contributed by atoms with Crippen LogP contribution in [0, 0.1) is 0 Å². The molecule has 1 heterocycles. The van der Waals surface area contributed by atoms with Crippen LogP contribution in [0.25, 0.3) is 0 Å². The van der Waals surface area contributed by atoms with E-state index < -0.39 is 0 Å². The molecule has 0 aliphatic carbocycles. The van der Waals surface area contributed by atoms with Gasteiger partial charge in [0.1, 0.15) is 0 Å². The highest BCUT2D eigenvalue weighted by atomic mass is 16.4. The second kappa shape index (κ2) is 6.78. The van der Waals surface area contributed by atoms with Crippen molar-refractivity contribution >= 4 is 11.9 Å². The minimum absolute atomic E-state index is 0.242. The lowest BCUT2D eigenvalue weighted by molar-refractivity contribution is -0.117. The second-order valence-corrected chi connectivity index (χ2v) is 3.32. The molecule has 1 amide bonds. The zero-order chi connectivity index (χ0) is 11.8. The van der Waals surface area contributed by atoms with Crippen LogP contribution in [0.1, 0.15) is 25.7 Å². The van der Waals surface area contributed by atoms with E-state index in [1.165, 1.54) is 0 Å². The van der Waals surface area contributed by atoms with Gasteiger partial charge in [-0.25, -0.2) is 0 Å². The Morgan fingerprint density at radius 3 is 2.94 bits per heavy atom. The molecule has 16 heavy (non-hydrogen) atoms. The van der Waals surface area contributed by atoms with Crippen LogP contribution >= 0.6 is 0 Å². The van der Waals surface area contributed by atoms with Gasteiger partial charge in [0.05, 0.1) is 6.54 Å². The average molecular weight is 227 g/mol. The van der Waals surface area contributed by atoms with Crippen LogP contribution in [0.15, 0.2) is 4.42 Å². The molecule has 0 radical (unpaired) electrons. The van der Waals surface area contributed by atoms with Crippen molar-refractivity contribution in [2.24, 2.45) is 5.73 Å². The van der Waals surface area contributed by atoms with Crippen LogP contribution in [0.2, 0.25) is 0 Å². The third-order valence-electron chi connectivity index (χ3n) is 1.82. The summed E-state index contributed by atoms with van der Waals surface area (Å²) < 4.78 is 5.26. The first-order valence-corrected chi connectivity index (χ1v) is 5.27. The molecule has 0 atom stereocenters. The molecule has 7 heteroatoms. The Bertz CT molecular complexity index is 325. The number of carbonyl (C=O) groups is 1. The molecule has 4 N–H and O–H groups in total. The highest BCUT2D eigenvalue weighted by molar-refractivity contribution is 5.74. The predicted octanol–water partition coefficient (Wildman–Crippen LogP) is -0.143. The summed E-state index contributed by atoms with van der Waals surface area (Å²) in [6.45, 7) is 3.95. The van der Waals surface area contributed by atoms with Crippen molar-refractivity contribution in [2.45, 2.75) is 26.3 Å². The number of hydrogen-bond donors (Lipinski definition) is 3. The standard InChI is InChI=1S/C9H17N5O2/c1-2-4-11-6-8-13-14-9(16-8)12-5-3-7(10)15/h11H,2-6H2,1H3,(H2,10,15)(H,12,14). The fourth-order valence-electron chi connectivity index (χ4n) is 1.06. The summed E-state index contributed by atoms with van der Waals surface area (Å²) in [7, 11) is 0. The molecule has 0 unspecified atom stereocenters. The highest BCUT2D eigenvalue weighted by Gasteiger charge is 2.04. The van der Waals surface area contributed by atoms with E-state index >= 15 is 0 Å². The number of nitrogens with one attached hydrogen (secondary N) is 2. The summed E-state index contributed by atoms with van der Waals surface area (Å²) in [4.78, 5) is 10.5. The third-order valence-corrected chi connectivity index (χ3v) is 1.82. The van der Waals surface area contributed by atoms with Gasteiger partial charge in [0, 0.05) is 13.0 Å². The minimum atomic E-state index is -0.364. The number of carbonyl (C=O) groups excluding carboxylic acids is 1. The van der Waals surface area contributed by atoms with Gasteiger partial charge in [0.25, 0.3) is 0 Å². The lowest BCUT2D eigenvalue weighted by atomic mass is 10.4. The van der Waals surface area contributed by atoms with E-state index in [-0.39, 0.29) is 12.3 Å². The topological polar surface area (TPSA) is 106 Å². The normalized spacial score (nSPS) is 10.3. The van der Waals surface area contributed by atoms with Crippen LogP contribution in [0.4, 0.5) is 6.01 Å².